The number of nitrogens with zero attached hydrogens (tertiary/aromatic N) is 3. The highest BCUT2D eigenvalue weighted by atomic mass is 14.9. The summed E-state index contributed by atoms with van der Waals surface area (Å²) in [5, 5.41) is 9.36. The van der Waals surface area contributed by atoms with Gasteiger partial charge in [0.2, 0.25) is 0 Å². The van der Waals surface area contributed by atoms with Crippen molar-refractivity contribution in [1.82, 2.24) is 14.5 Å². The zero-order valence-corrected chi connectivity index (χ0v) is 11.4. The second-order valence-corrected chi connectivity index (χ2v) is 4.82. The van der Waals surface area contributed by atoms with Crippen LogP contribution >= 0.6 is 0 Å². The second kappa shape index (κ2) is 4.71. The molecule has 0 fully saturated rings. The number of nitriles is 1. The van der Waals surface area contributed by atoms with Crippen LogP contribution in [0, 0.1) is 18.3 Å². The fourth-order valence-corrected chi connectivity index (χ4v) is 2.18. The molecule has 4 nitrogen and oxygen atoms in total. The van der Waals surface area contributed by atoms with Gasteiger partial charge in [0.1, 0.15) is 11.9 Å². The molecule has 0 aliphatic carbocycles. The van der Waals surface area contributed by atoms with Gasteiger partial charge in [0.25, 0.3) is 0 Å². The number of nitrogens with one attached hydrogen (secondary N) is 1. The monoisotopic (exact) mass is 262 g/mol. The minimum Gasteiger partial charge on any atom is -0.351 e. The van der Waals surface area contributed by atoms with Gasteiger partial charge in [0, 0.05) is 18.9 Å². The van der Waals surface area contributed by atoms with Crippen LogP contribution in [0.1, 0.15) is 17.1 Å². The molecule has 0 unspecified atom stereocenters. The van der Waals surface area contributed by atoms with Crippen LogP contribution in [-0.4, -0.2) is 14.5 Å². The highest BCUT2D eigenvalue weighted by Crippen LogP contribution is 2.20. The van der Waals surface area contributed by atoms with E-state index in [0.717, 1.165) is 22.3 Å². The molecule has 3 rings (SSSR count). The fraction of sp³-hybridized carbons (Fsp3) is 0.125. The number of aromatic amines is 1. The largest absolute Gasteiger partial charge is 0.351 e. The first-order valence-electron chi connectivity index (χ1n) is 6.37. The number of aryl methyl sites for hydroxylation is 2. The maximum Gasteiger partial charge on any atom is 0.149 e. The average Bonchev–Trinajstić information content (AvgIpc) is 3.01. The first-order chi connectivity index (χ1) is 9.67. The van der Waals surface area contributed by atoms with E-state index in [0.29, 0.717) is 11.4 Å². The van der Waals surface area contributed by atoms with Gasteiger partial charge >= 0.3 is 0 Å². The van der Waals surface area contributed by atoms with Gasteiger partial charge < -0.3 is 9.55 Å². The lowest BCUT2D eigenvalue weighted by Crippen LogP contribution is -1.90. The second-order valence-electron chi connectivity index (χ2n) is 4.82. The van der Waals surface area contributed by atoms with Gasteiger partial charge in [0.15, 0.2) is 0 Å². The topological polar surface area (TPSA) is 57.4 Å². The summed E-state index contributed by atoms with van der Waals surface area (Å²) in [6.07, 6.45) is 3.79. The molecule has 0 spiro atoms. The van der Waals surface area contributed by atoms with E-state index in [4.69, 9.17) is 0 Å². The summed E-state index contributed by atoms with van der Waals surface area (Å²) in [5.41, 5.74) is 4.49. The summed E-state index contributed by atoms with van der Waals surface area (Å²) < 4.78 is 1.96. The lowest BCUT2D eigenvalue weighted by molar-refractivity contribution is 0.915. The standard InChI is InChI=1S/C16H14N4/c1-11-5-6-14-15(8-11)19-16(18-14)12(10-17)9-13-4-3-7-20(13)2/h3-9H,1-2H3,(H,18,19). The molecule has 0 saturated heterocycles. The Labute approximate surface area is 117 Å². The van der Waals surface area contributed by atoms with Crippen molar-refractivity contribution in [3.63, 3.8) is 0 Å². The molecule has 1 N–H and O–H groups in total. The smallest absolute Gasteiger partial charge is 0.149 e. The molecule has 0 radical (unpaired) electrons. The van der Waals surface area contributed by atoms with Gasteiger partial charge in [-0.1, -0.05) is 6.07 Å². The van der Waals surface area contributed by atoms with Crippen molar-refractivity contribution in [3.8, 4) is 6.07 Å². The SMILES string of the molecule is Cc1ccc2nc(C(C#N)=Cc3cccn3C)[nH]c2c1. The number of fused-ring (bicyclic) bond motifs is 1. The first kappa shape index (κ1) is 12.2. The number of hydrogen-bond donors (Lipinski definition) is 1. The van der Waals surface area contributed by atoms with Crippen molar-refractivity contribution in [3.05, 3.63) is 53.6 Å². The third-order valence-electron chi connectivity index (χ3n) is 3.29. The molecular weight excluding hydrogens is 248 g/mol. The maximum absolute atomic E-state index is 9.36. The van der Waals surface area contributed by atoms with E-state index >= 15 is 0 Å². The van der Waals surface area contributed by atoms with Crippen molar-refractivity contribution in [1.29, 1.82) is 5.26 Å². The Hall–Kier alpha value is -2.80. The summed E-state index contributed by atoms with van der Waals surface area (Å²) in [4.78, 5) is 7.69. The number of benzene rings is 1. The molecule has 2 aromatic heterocycles. The highest BCUT2D eigenvalue weighted by molar-refractivity contribution is 5.89. The van der Waals surface area contributed by atoms with Crippen LogP contribution in [0.3, 0.4) is 0 Å². The van der Waals surface area contributed by atoms with Gasteiger partial charge in [0.05, 0.1) is 16.6 Å². The van der Waals surface area contributed by atoms with Crippen LogP contribution in [0.5, 0.6) is 0 Å². The van der Waals surface area contributed by atoms with Crippen molar-refractivity contribution < 1.29 is 0 Å². The van der Waals surface area contributed by atoms with E-state index in [-0.39, 0.29) is 0 Å². The van der Waals surface area contributed by atoms with Crippen molar-refractivity contribution in [2.75, 3.05) is 0 Å². The van der Waals surface area contributed by atoms with E-state index in [1.165, 1.54) is 0 Å². The van der Waals surface area contributed by atoms with Crippen LogP contribution in [-0.2, 0) is 7.05 Å². The van der Waals surface area contributed by atoms with Crippen molar-refractivity contribution in [2.45, 2.75) is 6.92 Å². The Balaban J connectivity index is 2.10. The molecule has 2 heterocycles. The number of aromatic nitrogens is 3. The number of hydrogen-bond acceptors (Lipinski definition) is 2. The number of H-pyrrole nitrogens is 1. The maximum atomic E-state index is 9.36. The molecule has 0 saturated carbocycles. The zero-order valence-electron chi connectivity index (χ0n) is 11.4. The molecule has 1 aromatic carbocycles. The Morgan fingerprint density at radius 3 is 2.95 bits per heavy atom. The lowest BCUT2D eigenvalue weighted by Gasteiger charge is -1.97. The molecule has 0 aliphatic heterocycles. The lowest BCUT2D eigenvalue weighted by atomic mass is 10.2. The Kier molecular flexibility index (Phi) is 2.88. The first-order valence-corrected chi connectivity index (χ1v) is 6.37. The molecule has 20 heavy (non-hydrogen) atoms. The van der Waals surface area contributed by atoms with E-state index in [2.05, 4.69) is 16.0 Å². The fourth-order valence-electron chi connectivity index (χ4n) is 2.18. The normalized spacial score (nSPS) is 11.8. The van der Waals surface area contributed by atoms with Crippen molar-refractivity contribution >= 4 is 22.7 Å². The number of rotatable bonds is 2. The molecule has 98 valence electrons. The molecule has 3 aromatic rings. The van der Waals surface area contributed by atoms with Gasteiger partial charge in [-0.3, -0.25) is 0 Å². The minimum absolute atomic E-state index is 0.528. The van der Waals surface area contributed by atoms with Gasteiger partial charge in [-0.25, -0.2) is 4.98 Å². The van der Waals surface area contributed by atoms with E-state index in [1.54, 1.807) is 0 Å². The van der Waals surface area contributed by atoms with Gasteiger partial charge in [-0.05, 0) is 42.8 Å². The third-order valence-corrected chi connectivity index (χ3v) is 3.29. The van der Waals surface area contributed by atoms with E-state index < -0.39 is 0 Å². The molecule has 0 aliphatic rings. The highest BCUT2D eigenvalue weighted by Gasteiger charge is 2.08. The quantitative estimate of drug-likeness (QED) is 0.720. The Morgan fingerprint density at radius 2 is 2.25 bits per heavy atom. The number of allylic oxidation sites excluding steroid dienone is 1. The summed E-state index contributed by atoms with van der Waals surface area (Å²) in [6.45, 7) is 2.03. The van der Waals surface area contributed by atoms with Crippen molar-refractivity contribution in [2.24, 2.45) is 7.05 Å². The molecular formula is C16H14N4. The van der Waals surface area contributed by atoms with Crippen LogP contribution in [0.25, 0.3) is 22.7 Å². The summed E-state index contributed by atoms with van der Waals surface area (Å²) >= 11 is 0. The van der Waals surface area contributed by atoms with E-state index in [9.17, 15) is 5.26 Å². The summed E-state index contributed by atoms with van der Waals surface area (Å²) in [5.74, 6) is 0.606. The van der Waals surface area contributed by atoms with E-state index in [1.807, 2.05) is 61.1 Å². The van der Waals surface area contributed by atoms with Crippen LogP contribution in [0.2, 0.25) is 0 Å². The Bertz CT molecular complexity index is 843. The Morgan fingerprint density at radius 1 is 1.40 bits per heavy atom. The predicted octanol–water partition coefficient (Wildman–Crippen LogP) is 3.27. The molecule has 4 heteroatoms. The molecule has 0 amide bonds. The predicted molar refractivity (Wildman–Crippen MR) is 79.7 cm³/mol. The average molecular weight is 262 g/mol. The van der Waals surface area contributed by atoms with Crippen LogP contribution in [0.4, 0.5) is 0 Å². The van der Waals surface area contributed by atoms with Gasteiger partial charge in [-0.15, -0.1) is 0 Å². The summed E-state index contributed by atoms with van der Waals surface area (Å²) in [7, 11) is 1.95. The molecule has 0 bridgehead atoms. The van der Waals surface area contributed by atoms with Crippen LogP contribution in [0.15, 0.2) is 36.5 Å². The summed E-state index contributed by atoms with van der Waals surface area (Å²) in [6, 6.07) is 12.1. The molecule has 0 atom stereocenters. The minimum atomic E-state index is 0.528. The zero-order chi connectivity index (χ0) is 14.1. The van der Waals surface area contributed by atoms with Gasteiger partial charge in [-0.2, -0.15) is 5.26 Å². The number of imidazole rings is 1. The van der Waals surface area contributed by atoms with Crippen LogP contribution < -0.4 is 0 Å². The third kappa shape index (κ3) is 2.10.